The predicted octanol–water partition coefficient (Wildman–Crippen LogP) is 3.50. The molecule has 0 saturated carbocycles. The fourth-order valence-corrected chi connectivity index (χ4v) is 2.93. The summed E-state index contributed by atoms with van der Waals surface area (Å²) in [5, 5.41) is 0. The smallest absolute Gasteiger partial charge is 0.113 e. The molecular weight excluding hydrogens is 692 g/mol. The largest absolute Gasteiger partial charge is 0.490 e. The molecule has 0 aliphatic carbocycles. The number of nitrogens with zero attached hydrogens (tertiary/aromatic N) is 2. The Hall–Kier alpha value is 0.716. The average molecular weight is 717 g/mol. The van der Waals surface area contributed by atoms with Crippen molar-refractivity contribution < 1.29 is 121 Å². The van der Waals surface area contributed by atoms with Crippen molar-refractivity contribution in [1.82, 2.24) is 0 Å². The van der Waals surface area contributed by atoms with E-state index in [1.54, 1.807) is 18.2 Å². The second-order valence-electron chi connectivity index (χ2n) is 7.22. The molecule has 0 unspecified atom stereocenters. The predicted molar refractivity (Wildman–Crippen MR) is 133 cm³/mol. The summed E-state index contributed by atoms with van der Waals surface area (Å²) in [7, 11) is 11.0. The first-order valence-electron chi connectivity index (χ1n) is 9.93. The van der Waals surface area contributed by atoms with Gasteiger partial charge in [0.2, 0.25) is 0 Å². The van der Waals surface area contributed by atoms with Crippen LogP contribution in [0, 0.1) is 64.4 Å². The van der Waals surface area contributed by atoms with E-state index in [1.165, 1.54) is 18.3 Å². The Labute approximate surface area is 302 Å². The number of allylic oxidation sites excluding steroid dienone is 5. The third-order valence-corrected chi connectivity index (χ3v) is 5.05. The van der Waals surface area contributed by atoms with Gasteiger partial charge in [-0.1, -0.05) is 39.2 Å². The van der Waals surface area contributed by atoms with E-state index >= 15 is 0 Å². The summed E-state index contributed by atoms with van der Waals surface area (Å²) in [6.07, 6.45) is 22.1. The number of aryl methyl sites for hydroxylation is 3. The zero-order valence-corrected chi connectivity index (χ0v) is 31.2. The van der Waals surface area contributed by atoms with E-state index in [9.17, 15) is 0 Å². The van der Waals surface area contributed by atoms with Gasteiger partial charge in [-0.2, -0.15) is 57.8 Å². The van der Waals surface area contributed by atoms with Gasteiger partial charge in [0.1, 0.15) is 7.05 Å². The summed E-state index contributed by atoms with van der Waals surface area (Å²) >= 11 is 0. The number of terminal acetylenes is 1. The van der Waals surface area contributed by atoms with Crippen LogP contribution in [-0.4, -0.2) is 39.8 Å². The second-order valence-corrected chi connectivity index (χ2v) is 7.22. The van der Waals surface area contributed by atoms with E-state index in [2.05, 4.69) is 63.4 Å². The molecule has 0 bridgehead atoms. The van der Waals surface area contributed by atoms with E-state index < -0.39 is 0 Å². The van der Waals surface area contributed by atoms with Crippen LogP contribution >= 0.6 is 0 Å². The molecule has 0 aromatic heterocycles. The van der Waals surface area contributed by atoms with Crippen molar-refractivity contribution in [2.24, 2.45) is 0 Å². The van der Waals surface area contributed by atoms with Crippen molar-refractivity contribution in [1.29, 1.82) is 0 Å². The van der Waals surface area contributed by atoms with E-state index in [0.717, 1.165) is 33.5 Å². The van der Waals surface area contributed by atoms with Gasteiger partial charge >= 0.3 is 0 Å². The molecule has 0 fully saturated rings. The average Bonchev–Trinajstić information content (AvgIpc) is 2.75. The summed E-state index contributed by atoms with van der Waals surface area (Å²) in [6, 6.07) is 10.6. The van der Waals surface area contributed by atoms with Gasteiger partial charge in [-0.05, 0) is 20.5 Å². The Morgan fingerprint density at radius 3 is 2.29 bits per heavy atom. The maximum atomic E-state index is 5.66. The number of benzene rings is 2. The minimum absolute atomic E-state index is 0. The normalized spacial score (nSPS) is 10.7. The van der Waals surface area contributed by atoms with E-state index in [-0.39, 0.29) is 117 Å². The molecule has 0 N–H and O–H groups in total. The molecule has 2 aromatic rings. The van der Waals surface area contributed by atoms with Gasteiger partial charge in [0, 0.05) is 130 Å². The molecule has 35 heavy (non-hydrogen) atoms. The molecule has 167 valence electrons. The first kappa shape index (κ1) is 40.2. The summed E-state index contributed by atoms with van der Waals surface area (Å²) in [6.45, 7) is 8.22. The van der Waals surface area contributed by atoms with Crippen LogP contribution in [-0.2, 0) is 117 Å². The third kappa shape index (κ3) is 12.4. The quantitative estimate of drug-likeness (QED) is 0.0810. The molecule has 0 aliphatic rings. The molecule has 8 heteroatoms. The van der Waals surface area contributed by atoms with Crippen molar-refractivity contribution in [3.05, 3.63) is 88.7 Å². The fraction of sp³-hybridized carbons (Fsp3) is 0.222. The third-order valence-electron chi connectivity index (χ3n) is 5.05. The molecular formula is C27H25B2N2VY3-4. The number of anilines is 1. The van der Waals surface area contributed by atoms with Crippen molar-refractivity contribution in [3.8, 4) is 12.3 Å². The molecule has 0 atom stereocenters. The SMILES string of the molecule is [B][B]c1c(C)[c-]c(N(C)[C-]=CC=[C-]/C=C/[C-]=[N+](C)c2[c-]c(C)c(C)c(C)c2)cc1C#C.[V].[Y].[Y].[Y]. The van der Waals surface area contributed by atoms with Gasteiger partial charge in [0.15, 0.2) is 0 Å². The molecule has 0 heterocycles. The van der Waals surface area contributed by atoms with Gasteiger partial charge < -0.3 is 15.6 Å². The van der Waals surface area contributed by atoms with Gasteiger partial charge in [0.05, 0.1) is 0 Å². The summed E-state index contributed by atoms with van der Waals surface area (Å²) < 4.78 is 1.91. The first-order valence-corrected chi connectivity index (χ1v) is 9.93. The van der Waals surface area contributed by atoms with Crippen LogP contribution in [0.5, 0.6) is 0 Å². The molecule has 7 radical (unpaired) electrons. The van der Waals surface area contributed by atoms with Gasteiger partial charge in [0.25, 0.3) is 0 Å². The van der Waals surface area contributed by atoms with Crippen LogP contribution in [0.2, 0.25) is 0 Å². The minimum Gasteiger partial charge on any atom is -0.490 e. The van der Waals surface area contributed by atoms with E-state index in [1.807, 2.05) is 42.6 Å². The molecule has 0 saturated heterocycles. The van der Waals surface area contributed by atoms with Crippen LogP contribution in [0.4, 0.5) is 11.4 Å². The van der Waals surface area contributed by atoms with Gasteiger partial charge in [-0.15, -0.1) is 6.42 Å². The van der Waals surface area contributed by atoms with Crippen LogP contribution in [0.15, 0.2) is 36.4 Å². The van der Waals surface area contributed by atoms with Gasteiger partial charge in [-0.25, -0.2) is 12.1 Å². The number of rotatable bonds is 7. The minimum atomic E-state index is 0. The maximum absolute atomic E-state index is 5.66. The zero-order valence-electron chi connectivity index (χ0n) is 21.3. The standard InChI is InChI=1S/C27H25B2N2.V.3Y/c1-8-24-19-26(18-22(4)27(24)29-28)31(7)15-13-11-9-10-12-14-30(6)25-16-20(2)23(5)21(3)17-25;;;;/h1,10-13,16,19H,2-7H3;;;;/q-4;;;;/b12-10+;;;;. The van der Waals surface area contributed by atoms with Crippen molar-refractivity contribution in [2.75, 3.05) is 19.0 Å². The monoisotopic (exact) mass is 717 g/mol. The topological polar surface area (TPSA) is 6.25 Å². The summed E-state index contributed by atoms with van der Waals surface area (Å²) in [5.74, 6) is 2.66. The van der Waals surface area contributed by atoms with Crippen LogP contribution in [0.1, 0.15) is 27.8 Å². The Bertz CT molecular complexity index is 1100. The van der Waals surface area contributed by atoms with Crippen molar-refractivity contribution in [3.63, 3.8) is 0 Å². The molecule has 2 aromatic carbocycles. The number of hydrogen-bond donors (Lipinski definition) is 0. The van der Waals surface area contributed by atoms with Crippen LogP contribution < -0.4 is 10.4 Å². The molecule has 0 aliphatic heterocycles. The Kier molecular flexibility index (Phi) is 23.7. The second kappa shape index (κ2) is 20.7. The van der Waals surface area contributed by atoms with Crippen LogP contribution in [0.25, 0.3) is 0 Å². The van der Waals surface area contributed by atoms with Crippen molar-refractivity contribution in [2.45, 2.75) is 27.7 Å². The zero-order chi connectivity index (χ0) is 23.0. The van der Waals surface area contributed by atoms with E-state index in [4.69, 9.17) is 14.2 Å². The Morgan fingerprint density at radius 2 is 1.71 bits per heavy atom. The molecule has 0 spiro atoms. The molecule has 2 rings (SSSR count). The maximum Gasteiger partial charge on any atom is 0.113 e. The number of hydrogen-bond acceptors (Lipinski definition) is 1. The summed E-state index contributed by atoms with van der Waals surface area (Å²) in [5.41, 5.74) is 7.94. The molecule has 2 nitrogen and oxygen atoms in total. The summed E-state index contributed by atoms with van der Waals surface area (Å²) in [4.78, 5) is 1.82. The first-order chi connectivity index (χ1) is 14.8. The van der Waals surface area contributed by atoms with Gasteiger partial charge in [-0.3, -0.25) is 18.2 Å². The Balaban J connectivity index is -0.00000256. The Morgan fingerprint density at radius 1 is 1.06 bits per heavy atom. The molecule has 0 amide bonds. The van der Waals surface area contributed by atoms with E-state index in [0.29, 0.717) is 0 Å². The van der Waals surface area contributed by atoms with Crippen LogP contribution in [0.3, 0.4) is 0 Å². The fourth-order valence-electron chi connectivity index (χ4n) is 2.93. The van der Waals surface area contributed by atoms with Crippen molar-refractivity contribution >= 4 is 38.0 Å².